The van der Waals surface area contributed by atoms with Crippen LogP contribution in [0, 0.1) is 6.92 Å². The molecule has 8 aromatic carbocycles. The zero-order valence-electron chi connectivity index (χ0n) is 41.0. The van der Waals surface area contributed by atoms with Crippen molar-refractivity contribution in [2.24, 2.45) is 0 Å². The Morgan fingerprint density at radius 1 is 0.441 bits per heavy atom. The van der Waals surface area contributed by atoms with Crippen LogP contribution in [0.5, 0.6) is 0 Å². The van der Waals surface area contributed by atoms with Crippen molar-refractivity contribution < 1.29 is 0 Å². The molecule has 0 atom stereocenters. The first kappa shape index (κ1) is 41.8. The van der Waals surface area contributed by atoms with E-state index in [2.05, 4.69) is 230 Å². The lowest BCUT2D eigenvalue weighted by Gasteiger charge is -2.47. The number of hydrogen-bond donors (Lipinski definition) is 0. The molecule has 1 aromatic heterocycles. The number of rotatable bonds is 4. The van der Waals surface area contributed by atoms with Gasteiger partial charge in [0.05, 0.1) is 11.4 Å². The van der Waals surface area contributed by atoms with Crippen molar-refractivity contribution >= 4 is 88.7 Å². The van der Waals surface area contributed by atoms with E-state index in [0.29, 0.717) is 0 Å². The lowest BCUT2D eigenvalue weighted by molar-refractivity contribution is 0.332. The predicted molar refractivity (Wildman–Crippen MR) is 295 cm³/mol. The molecule has 2 nitrogen and oxygen atoms in total. The first-order valence-corrected chi connectivity index (χ1v) is 25.7. The van der Waals surface area contributed by atoms with E-state index < -0.39 is 0 Å². The standard InChI is InChI=1S/C64H59BN2S/c1-39-32-45-47(62(4,5)31-30-61(45,2)3)36-52(39)66-53-37-48-46(63(6,7)38-64(48,8)9)35-50(53)65-49-28-29-57-58(44-25-17-19-27-56(44)68-57)60(49)67(51-26-18-16-24-43(51)41-22-14-11-15-23-41)55-34-42(33-54(66)59(55)65)40-20-12-10-13-21-40/h10-29,32-37H,30-31,38H2,1-9H3. The summed E-state index contributed by atoms with van der Waals surface area (Å²) in [5.74, 6) is 0. The van der Waals surface area contributed by atoms with E-state index in [0.717, 1.165) is 6.42 Å². The SMILES string of the molecule is Cc1cc2c(cc1N1c3cc4c(cc3B3c5ccc6sc7ccccc7c6c5N(c5ccccc5-c5ccccc5)c5cc(-c6ccccc6)cc1c53)C(C)(C)CC4(C)C)C(C)(C)CCC2(C)C. The number of anilines is 6. The summed E-state index contributed by atoms with van der Waals surface area (Å²) in [5.41, 5.74) is 24.2. The molecule has 0 amide bonds. The second-order valence-corrected chi connectivity index (χ2v) is 24.2. The van der Waals surface area contributed by atoms with Crippen LogP contribution in [-0.2, 0) is 21.7 Å². The van der Waals surface area contributed by atoms with Gasteiger partial charge in [0.2, 0.25) is 0 Å². The van der Waals surface area contributed by atoms with Gasteiger partial charge in [0.1, 0.15) is 0 Å². The van der Waals surface area contributed by atoms with Gasteiger partial charge in [0.25, 0.3) is 6.71 Å². The fraction of sp³-hybridized carbons (Fsp3) is 0.250. The number of benzene rings is 8. The lowest BCUT2D eigenvalue weighted by atomic mass is 9.33. The predicted octanol–water partition coefficient (Wildman–Crippen LogP) is 16.1. The van der Waals surface area contributed by atoms with Crippen LogP contribution in [-0.4, -0.2) is 6.71 Å². The highest BCUT2D eigenvalue weighted by Gasteiger charge is 2.49. The molecule has 0 unspecified atom stereocenters. The first-order chi connectivity index (χ1) is 32.6. The summed E-state index contributed by atoms with van der Waals surface area (Å²) in [6, 6.07) is 60.9. The number of hydrogen-bond acceptors (Lipinski definition) is 3. The van der Waals surface area contributed by atoms with Crippen LogP contribution in [0.25, 0.3) is 42.4 Å². The summed E-state index contributed by atoms with van der Waals surface area (Å²) in [5, 5.41) is 2.66. The fourth-order valence-electron chi connectivity index (χ4n) is 13.5. The smallest absolute Gasteiger partial charge is 0.252 e. The van der Waals surface area contributed by atoms with Gasteiger partial charge in [-0.2, -0.15) is 0 Å². The van der Waals surface area contributed by atoms with Crippen molar-refractivity contribution in [3.8, 4) is 22.3 Å². The molecule has 0 bridgehead atoms. The Morgan fingerprint density at radius 2 is 1.01 bits per heavy atom. The molecule has 3 heterocycles. The maximum absolute atomic E-state index is 2.73. The largest absolute Gasteiger partial charge is 0.311 e. The second-order valence-electron chi connectivity index (χ2n) is 23.1. The Bertz CT molecular complexity index is 3580. The molecule has 0 saturated heterocycles. The maximum Gasteiger partial charge on any atom is 0.252 e. The number of aryl methyl sites for hydroxylation is 1. The van der Waals surface area contributed by atoms with Gasteiger partial charge in [0, 0.05) is 48.5 Å². The van der Waals surface area contributed by atoms with Crippen LogP contribution < -0.4 is 26.2 Å². The molecular formula is C64H59BN2S. The first-order valence-electron chi connectivity index (χ1n) is 24.9. The molecule has 0 N–H and O–H groups in total. The molecule has 9 aromatic rings. The third-order valence-electron chi connectivity index (χ3n) is 16.8. The Balaban J connectivity index is 1.22. The van der Waals surface area contributed by atoms with Crippen LogP contribution in [0.4, 0.5) is 34.1 Å². The summed E-state index contributed by atoms with van der Waals surface area (Å²) in [6.07, 6.45) is 3.47. The molecule has 4 aliphatic rings. The van der Waals surface area contributed by atoms with Gasteiger partial charge < -0.3 is 9.80 Å². The Hall–Kier alpha value is -6.36. The van der Waals surface area contributed by atoms with Crippen molar-refractivity contribution in [3.05, 3.63) is 186 Å². The van der Waals surface area contributed by atoms with E-state index >= 15 is 0 Å². The fourth-order valence-corrected chi connectivity index (χ4v) is 14.6. The van der Waals surface area contributed by atoms with E-state index in [9.17, 15) is 0 Å². The van der Waals surface area contributed by atoms with Crippen LogP contribution in [0.2, 0.25) is 0 Å². The van der Waals surface area contributed by atoms with Crippen molar-refractivity contribution in [1.29, 1.82) is 0 Å². The minimum Gasteiger partial charge on any atom is -0.311 e. The Kier molecular flexibility index (Phi) is 8.82. The zero-order valence-corrected chi connectivity index (χ0v) is 41.8. The minimum atomic E-state index is -0.00704. The number of fused-ring (bicyclic) bond motifs is 10. The number of para-hydroxylation sites is 1. The number of nitrogens with zero attached hydrogens (tertiary/aromatic N) is 2. The van der Waals surface area contributed by atoms with Crippen molar-refractivity contribution in [2.45, 2.75) is 103 Å². The molecule has 0 radical (unpaired) electrons. The molecule has 0 saturated carbocycles. The van der Waals surface area contributed by atoms with Gasteiger partial charge >= 0.3 is 0 Å². The van der Waals surface area contributed by atoms with Gasteiger partial charge in [-0.15, -0.1) is 11.3 Å². The molecule has 2 aliphatic heterocycles. The van der Waals surface area contributed by atoms with Gasteiger partial charge in [0.15, 0.2) is 0 Å². The Morgan fingerprint density at radius 3 is 1.74 bits per heavy atom. The summed E-state index contributed by atoms with van der Waals surface area (Å²) < 4.78 is 2.64. The molecule has 4 heteroatoms. The van der Waals surface area contributed by atoms with Crippen molar-refractivity contribution in [2.75, 3.05) is 9.80 Å². The van der Waals surface area contributed by atoms with E-state index in [-0.39, 0.29) is 28.4 Å². The molecular weight excluding hydrogens is 840 g/mol. The third-order valence-corrected chi connectivity index (χ3v) is 17.9. The zero-order chi connectivity index (χ0) is 46.6. The highest BCUT2D eigenvalue weighted by molar-refractivity contribution is 7.26. The average Bonchev–Trinajstić information content (AvgIpc) is 3.80. The second kappa shape index (κ2) is 14.3. The summed E-state index contributed by atoms with van der Waals surface area (Å²) in [4.78, 5) is 5.42. The normalized spacial score (nSPS) is 17.7. The monoisotopic (exact) mass is 898 g/mol. The van der Waals surface area contributed by atoms with E-state index in [1.54, 1.807) is 0 Å². The topological polar surface area (TPSA) is 6.48 Å². The summed E-state index contributed by atoms with van der Waals surface area (Å²) >= 11 is 1.92. The van der Waals surface area contributed by atoms with Crippen molar-refractivity contribution in [3.63, 3.8) is 0 Å². The summed E-state index contributed by atoms with van der Waals surface area (Å²) in [6.45, 7) is 22.2. The van der Waals surface area contributed by atoms with Crippen molar-refractivity contribution in [1.82, 2.24) is 0 Å². The van der Waals surface area contributed by atoms with Gasteiger partial charge in [-0.25, -0.2) is 0 Å². The molecule has 0 spiro atoms. The number of thiophene rings is 1. The molecule has 13 rings (SSSR count). The Labute approximate surface area is 407 Å². The average molecular weight is 899 g/mol. The van der Waals surface area contributed by atoms with Crippen LogP contribution >= 0.6 is 11.3 Å². The highest BCUT2D eigenvalue weighted by Crippen LogP contribution is 2.56. The third kappa shape index (κ3) is 5.95. The molecule has 334 valence electrons. The van der Waals surface area contributed by atoms with Crippen LogP contribution in [0.15, 0.2) is 158 Å². The van der Waals surface area contributed by atoms with Gasteiger partial charge in [-0.3, -0.25) is 0 Å². The quantitative estimate of drug-likeness (QED) is 0.162. The lowest BCUT2D eigenvalue weighted by Crippen LogP contribution is -2.61. The summed E-state index contributed by atoms with van der Waals surface area (Å²) in [7, 11) is 0. The van der Waals surface area contributed by atoms with E-state index in [1.165, 1.54) is 134 Å². The highest BCUT2D eigenvalue weighted by atomic mass is 32.1. The van der Waals surface area contributed by atoms with E-state index in [1.807, 2.05) is 11.3 Å². The molecule has 0 fully saturated rings. The minimum absolute atomic E-state index is 0.00704. The maximum atomic E-state index is 2.73. The molecule has 2 aliphatic carbocycles. The van der Waals surface area contributed by atoms with Gasteiger partial charge in [-0.1, -0.05) is 171 Å². The van der Waals surface area contributed by atoms with Crippen LogP contribution in [0.1, 0.15) is 102 Å². The van der Waals surface area contributed by atoms with E-state index in [4.69, 9.17) is 0 Å². The van der Waals surface area contributed by atoms with Crippen LogP contribution in [0.3, 0.4) is 0 Å². The van der Waals surface area contributed by atoms with Gasteiger partial charge in [-0.05, 0) is 151 Å². The molecule has 68 heavy (non-hydrogen) atoms.